The van der Waals surface area contributed by atoms with E-state index >= 15 is 0 Å². The van der Waals surface area contributed by atoms with Crippen LogP contribution in [0.15, 0.2) is 34.9 Å². The summed E-state index contributed by atoms with van der Waals surface area (Å²) in [5.74, 6) is 1.42. The van der Waals surface area contributed by atoms with Crippen molar-refractivity contribution in [1.29, 1.82) is 0 Å². The number of aryl methyl sites for hydroxylation is 2. The summed E-state index contributed by atoms with van der Waals surface area (Å²) in [7, 11) is 2.16. The molecule has 3 rings (SSSR count). The van der Waals surface area contributed by atoms with Gasteiger partial charge in [0.1, 0.15) is 0 Å². The molecule has 130 valence electrons. The molecule has 0 N–H and O–H groups in total. The molecular weight excluding hydrogens is 300 g/mol. The summed E-state index contributed by atoms with van der Waals surface area (Å²) in [6, 6.07) is 12.0. The molecule has 5 heteroatoms. The number of benzene rings is 1. The number of rotatable bonds is 7. The highest BCUT2D eigenvalue weighted by Gasteiger charge is 2.28. The maximum absolute atomic E-state index is 5.06. The van der Waals surface area contributed by atoms with Gasteiger partial charge in [-0.1, -0.05) is 35.5 Å². The second kappa shape index (κ2) is 7.90. The molecule has 0 spiro atoms. The van der Waals surface area contributed by atoms with Crippen LogP contribution in [0.2, 0.25) is 0 Å². The predicted molar refractivity (Wildman–Crippen MR) is 94.7 cm³/mol. The van der Waals surface area contributed by atoms with Crippen LogP contribution in [0.25, 0.3) is 0 Å². The van der Waals surface area contributed by atoms with Crippen molar-refractivity contribution >= 4 is 0 Å². The Kier molecular flexibility index (Phi) is 5.63. The molecule has 0 bridgehead atoms. The number of hydrogen-bond donors (Lipinski definition) is 0. The molecule has 2 heterocycles. The van der Waals surface area contributed by atoms with Crippen molar-refractivity contribution in [2.75, 3.05) is 20.1 Å². The fourth-order valence-electron chi connectivity index (χ4n) is 3.49. The van der Waals surface area contributed by atoms with Gasteiger partial charge in [0.25, 0.3) is 0 Å². The van der Waals surface area contributed by atoms with Crippen molar-refractivity contribution in [3.05, 3.63) is 47.6 Å². The van der Waals surface area contributed by atoms with Crippen LogP contribution < -0.4 is 0 Å². The highest BCUT2D eigenvalue weighted by Crippen LogP contribution is 2.20. The lowest BCUT2D eigenvalue weighted by Crippen LogP contribution is -2.37. The Morgan fingerprint density at radius 1 is 1.33 bits per heavy atom. The molecule has 0 amide bonds. The molecule has 2 aromatic rings. The third-order valence-electron chi connectivity index (χ3n) is 5.10. The Bertz CT molecular complexity index is 627. The summed E-state index contributed by atoms with van der Waals surface area (Å²) in [4.78, 5) is 9.28. The van der Waals surface area contributed by atoms with E-state index in [-0.39, 0.29) is 0 Å². The first kappa shape index (κ1) is 17.1. The second-order valence-electron chi connectivity index (χ2n) is 6.96. The lowest BCUT2D eigenvalue weighted by atomic mass is 10.1. The van der Waals surface area contributed by atoms with Crippen LogP contribution in [0.4, 0.5) is 0 Å². The Hall–Kier alpha value is -1.72. The average Bonchev–Trinajstić information content (AvgIpc) is 3.23. The number of likely N-dealkylation sites (tertiary alicyclic amines) is 1. The van der Waals surface area contributed by atoms with E-state index in [1.54, 1.807) is 0 Å². The van der Waals surface area contributed by atoms with Crippen LogP contribution in [0.5, 0.6) is 0 Å². The van der Waals surface area contributed by atoms with Gasteiger partial charge in [0.2, 0.25) is 5.89 Å². The van der Waals surface area contributed by atoms with Gasteiger partial charge in [0.05, 0.1) is 6.54 Å². The van der Waals surface area contributed by atoms with E-state index in [0.717, 1.165) is 25.3 Å². The van der Waals surface area contributed by atoms with Crippen molar-refractivity contribution in [2.24, 2.45) is 0 Å². The van der Waals surface area contributed by atoms with E-state index in [2.05, 4.69) is 64.2 Å². The standard InChI is InChI=1S/C19H28N4O/c1-15(9-10-17-7-5-4-6-8-17)23-12-11-18(13-23)22(3)14-19-20-16(2)24-21-19/h4-8,15,18H,9-14H2,1-3H3/t15-,18-/m0/s1. The largest absolute Gasteiger partial charge is 0.340 e. The van der Waals surface area contributed by atoms with E-state index in [1.165, 1.54) is 24.9 Å². The van der Waals surface area contributed by atoms with Gasteiger partial charge in [-0.2, -0.15) is 4.98 Å². The SMILES string of the molecule is Cc1nc(CN(C)[C@H]2CCN([C@@H](C)CCc3ccccc3)C2)no1. The Balaban J connectivity index is 1.45. The zero-order valence-electron chi connectivity index (χ0n) is 15.0. The Morgan fingerprint density at radius 2 is 2.12 bits per heavy atom. The summed E-state index contributed by atoms with van der Waals surface area (Å²) in [5, 5.41) is 4.00. The fourth-order valence-corrected chi connectivity index (χ4v) is 3.49. The molecule has 1 aromatic heterocycles. The lowest BCUT2D eigenvalue weighted by Gasteiger charge is -2.27. The van der Waals surface area contributed by atoms with Gasteiger partial charge in [-0.25, -0.2) is 0 Å². The average molecular weight is 328 g/mol. The summed E-state index contributed by atoms with van der Waals surface area (Å²) >= 11 is 0. The number of nitrogens with zero attached hydrogens (tertiary/aromatic N) is 4. The van der Waals surface area contributed by atoms with E-state index in [0.29, 0.717) is 18.0 Å². The maximum atomic E-state index is 5.06. The van der Waals surface area contributed by atoms with Gasteiger partial charge in [-0.15, -0.1) is 0 Å². The van der Waals surface area contributed by atoms with Crippen molar-refractivity contribution in [1.82, 2.24) is 19.9 Å². The fraction of sp³-hybridized carbons (Fsp3) is 0.579. The maximum Gasteiger partial charge on any atom is 0.223 e. The Morgan fingerprint density at radius 3 is 2.83 bits per heavy atom. The van der Waals surface area contributed by atoms with Gasteiger partial charge in [-0.05, 0) is 38.8 Å². The molecule has 24 heavy (non-hydrogen) atoms. The molecule has 0 radical (unpaired) electrons. The van der Waals surface area contributed by atoms with Crippen LogP contribution >= 0.6 is 0 Å². The molecular formula is C19H28N4O. The van der Waals surface area contributed by atoms with Crippen LogP contribution in [0.1, 0.15) is 37.0 Å². The number of hydrogen-bond acceptors (Lipinski definition) is 5. The highest BCUT2D eigenvalue weighted by atomic mass is 16.5. The van der Waals surface area contributed by atoms with Crippen LogP contribution in [-0.2, 0) is 13.0 Å². The third kappa shape index (κ3) is 4.42. The molecule has 2 atom stereocenters. The number of likely N-dealkylation sites (N-methyl/N-ethyl adjacent to an activating group) is 1. The van der Waals surface area contributed by atoms with Crippen LogP contribution in [0, 0.1) is 6.92 Å². The molecule has 0 unspecified atom stereocenters. The lowest BCUT2D eigenvalue weighted by molar-refractivity contribution is 0.194. The quantitative estimate of drug-likeness (QED) is 0.782. The van der Waals surface area contributed by atoms with Gasteiger partial charge in [-0.3, -0.25) is 9.80 Å². The molecule has 0 aliphatic carbocycles. The highest BCUT2D eigenvalue weighted by molar-refractivity contribution is 5.14. The first-order valence-corrected chi connectivity index (χ1v) is 8.89. The predicted octanol–water partition coefficient (Wildman–Crippen LogP) is 2.91. The van der Waals surface area contributed by atoms with E-state index in [4.69, 9.17) is 4.52 Å². The minimum absolute atomic E-state index is 0.572. The third-order valence-corrected chi connectivity index (χ3v) is 5.10. The van der Waals surface area contributed by atoms with Crippen molar-refractivity contribution in [2.45, 2.75) is 51.7 Å². The zero-order chi connectivity index (χ0) is 16.9. The molecule has 1 fully saturated rings. The van der Waals surface area contributed by atoms with E-state index in [1.807, 2.05) is 6.92 Å². The molecule has 5 nitrogen and oxygen atoms in total. The minimum atomic E-state index is 0.572. The van der Waals surface area contributed by atoms with Gasteiger partial charge < -0.3 is 4.52 Å². The minimum Gasteiger partial charge on any atom is -0.340 e. The molecule has 0 saturated carbocycles. The van der Waals surface area contributed by atoms with Gasteiger partial charge >= 0.3 is 0 Å². The smallest absolute Gasteiger partial charge is 0.223 e. The van der Waals surface area contributed by atoms with Crippen molar-refractivity contribution < 1.29 is 4.52 Å². The van der Waals surface area contributed by atoms with Gasteiger partial charge in [0.15, 0.2) is 5.82 Å². The summed E-state index contributed by atoms with van der Waals surface area (Å²) < 4.78 is 5.06. The molecule has 1 aliphatic rings. The first-order chi connectivity index (χ1) is 11.6. The second-order valence-corrected chi connectivity index (χ2v) is 6.96. The summed E-state index contributed by atoms with van der Waals surface area (Å²) in [6.07, 6.45) is 3.58. The molecule has 1 aromatic carbocycles. The monoisotopic (exact) mass is 328 g/mol. The summed E-state index contributed by atoms with van der Waals surface area (Å²) in [6.45, 7) is 7.25. The normalized spacial score (nSPS) is 19.9. The van der Waals surface area contributed by atoms with E-state index < -0.39 is 0 Å². The van der Waals surface area contributed by atoms with Crippen LogP contribution in [0.3, 0.4) is 0 Å². The van der Waals surface area contributed by atoms with Gasteiger partial charge in [0, 0.05) is 32.1 Å². The molecule has 1 aliphatic heterocycles. The Labute approximate surface area is 144 Å². The van der Waals surface area contributed by atoms with Crippen LogP contribution in [-0.4, -0.2) is 52.2 Å². The number of aromatic nitrogens is 2. The molecule has 1 saturated heterocycles. The van der Waals surface area contributed by atoms with Crippen molar-refractivity contribution in [3.8, 4) is 0 Å². The first-order valence-electron chi connectivity index (χ1n) is 8.89. The summed E-state index contributed by atoms with van der Waals surface area (Å²) in [5.41, 5.74) is 1.43. The zero-order valence-corrected chi connectivity index (χ0v) is 15.0. The van der Waals surface area contributed by atoms with Crippen molar-refractivity contribution in [3.63, 3.8) is 0 Å². The van der Waals surface area contributed by atoms with E-state index in [9.17, 15) is 0 Å². The topological polar surface area (TPSA) is 45.4 Å².